The van der Waals surface area contributed by atoms with Gasteiger partial charge in [-0.05, 0) is 55.7 Å². The maximum Gasteiger partial charge on any atom is 0.251 e. The first kappa shape index (κ1) is 17.9. The Hall–Kier alpha value is -1.92. The van der Waals surface area contributed by atoms with Crippen LogP contribution in [-0.4, -0.2) is 25.6 Å². The number of carbonyl (C=O) groups excluding carboxylic acids is 1. The number of sulfone groups is 1. The van der Waals surface area contributed by atoms with Crippen molar-refractivity contribution >= 4 is 27.3 Å². The molecule has 1 amide bonds. The Kier molecular flexibility index (Phi) is 4.84. The van der Waals surface area contributed by atoms with E-state index in [9.17, 15) is 17.6 Å². The van der Waals surface area contributed by atoms with E-state index in [1.165, 1.54) is 12.1 Å². The van der Waals surface area contributed by atoms with E-state index in [1.807, 2.05) is 13.0 Å². The van der Waals surface area contributed by atoms with E-state index in [1.54, 1.807) is 18.2 Å². The summed E-state index contributed by atoms with van der Waals surface area (Å²) in [7, 11) is -3.40. The van der Waals surface area contributed by atoms with Gasteiger partial charge in [-0.3, -0.25) is 4.79 Å². The van der Waals surface area contributed by atoms with Crippen LogP contribution in [-0.2, 0) is 9.84 Å². The number of carbonyl (C=O) groups is 1. The van der Waals surface area contributed by atoms with E-state index < -0.39 is 26.8 Å². The molecule has 0 bridgehead atoms. The number of benzene rings is 2. The molecule has 25 heavy (non-hydrogen) atoms. The summed E-state index contributed by atoms with van der Waals surface area (Å²) in [5.74, 6) is -1.10. The van der Waals surface area contributed by atoms with Crippen LogP contribution in [0.2, 0.25) is 5.02 Å². The molecule has 132 valence electrons. The van der Waals surface area contributed by atoms with Gasteiger partial charge in [-0.1, -0.05) is 23.7 Å². The number of rotatable bonds is 4. The first-order valence-electron chi connectivity index (χ1n) is 7.84. The zero-order valence-electron chi connectivity index (χ0n) is 13.5. The lowest BCUT2D eigenvalue weighted by molar-refractivity contribution is 0.0917. The van der Waals surface area contributed by atoms with Crippen molar-refractivity contribution in [2.75, 3.05) is 0 Å². The van der Waals surface area contributed by atoms with Gasteiger partial charge in [0.2, 0.25) is 0 Å². The summed E-state index contributed by atoms with van der Waals surface area (Å²) in [4.78, 5) is 12.4. The van der Waals surface area contributed by atoms with Crippen molar-refractivity contribution in [1.29, 1.82) is 0 Å². The largest absolute Gasteiger partial charge is 0.349 e. The van der Waals surface area contributed by atoms with Crippen molar-refractivity contribution < 1.29 is 17.6 Å². The summed E-state index contributed by atoms with van der Waals surface area (Å²) in [5.41, 5.74) is 1.04. The van der Waals surface area contributed by atoms with Crippen LogP contribution in [0.25, 0.3) is 0 Å². The Morgan fingerprint density at radius 2 is 1.92 bits per heavy atom. The topological polar surface area (TPSA) is 63.2 Å². The molecular formula is C18H17ClFNO3S. The Bertz CT molecular complexity index is 924. The van der Waals surface area contributed by atoms with E-state index in [4.69, 9.17) is 11.6 Å². The summed E-state index contributed by atoms with van der Waals surface area (Å²) >= 11 is 5.59. The summed E-state index contributed by atoms with van der Waals surface area (Å²) < 4.78 is 38.6. The number of halogens is 2. The van der Waals surface area contributed by atoms with Gasteiger partial charge in [0.25, 0.3) is 5.91 Å². The van der Waals surface area contributed by atoms with Gasteiger partial charge in [-0.15, -0.1) is 0 Å². The van der Waals surface area contributed by atoms with E-state index in [-0.39, 0.29) is 16.6 Å². The van der Waals surface area contributed by atoms with Crippen molar-refractivity contribution in [3.05, 3.63) is 64.4 Å². The summed E-state index contributed by atoms with van der Waals surface area (Å²) in [6, 6.07) is 10.4. The molecule has 2 aromatic rings. The molecule has 0 radical (unpaired) electrons. The highest BCUT2D eigenvalue weighted by molar-refractivity contribution is 7.92. The maximum atomic E-state index is 13.4. The van der Waals surface area contributed by atoms with E-state index in [0.29, 0.717) is 17.7 Å². The van der Waals surface area contributed by atoms with Gasteiger partial charge in [0.1, 0.15) is 5.82 Å². The number of amides is 1. The average molecular weight is 382 g/mol. The predicted molar refractivity (Wildman–Crippen MR) is 94.1 cm³/mol. The second-order valence-electron chi connectivity index (χ2n) is 6.25. The maximum absolute atomic E-state index is 13.4. The molecule has 3 rings (SSSR count). The molecular weight excluding hydrogens is 365 g/mol. The predicted octanol–water partition coefficient (Wildman–Crippen LogP) is 3.52. The van der Waals surface area contributed by atoms with Crippen LogP contribution >= 0.6 is 11.6 Å². The minimum atomic E-state index is -3.40. The molecule has 1 fully saturated rings. The highest BCUT2D eigenvalue weighted by Crippen LogP contribution is 2.32. The van der Waals surface area contributed by atoms with Crippen LogP contribution in [0.4, 0.5) is 4.39 Å². The van der Waals surface area contributed by atoms with Crippen LogP contribution in [0.5, 0.6) is 0 Å². The standard InChI is InChI=1S/C18H17ClFNO3S/c1-11-3-2-4-14(7-11)25(23,24)15-9-13(10-15)21-18(22)12-5-6-16(19)17(20)8-12/h2-8,13,15H,9-10H2,1H3,(H,21,22). The van der Waals surface area contributed by atoms with Crippen LogP contribution < -0.4 is 5.32 Å². The second kappa shape index (κ2) is 6.77. The molecule has 4 nitrogen and oxygen atoms in total. The molecule has 1 aliphatic rings. The quantitative estimate of drug-likeness (QED) is 0.881. The summed E-state index contributed by atoms with van der Waals surface area (Å²) in [6.07, 6.45) is 0.691. The SMILES string of the molecule is Cc1cccc(S(=O)(=O)C2CC(NC(=O)c3ccc(Cl)c(F)c3)C2)c1. The number of hydrogen-bond acceptors (Lipinski definition) is 3. The Labute approximate surface area is 150 Å². The van der Waals surface area contributed by atoms with Crippen LogP contribution in [0, 0.1) is 12.7 Å². The van der Waals surface area contributed by atoms with Crippen LogP contribution in [0.1, 0.15) is 28.8 Å². The first-order valence-corrected chi connectivity index (χ1v) is 9.76. The van der Waals surface area contributed by atoms with Crippen molar-refractivity contribution in [3.63, 3.8) is 0 Å². The third-order valence-electron chi connectivity index (χ3n) is 4.37. The lowest BCUT2D eigenvalue weighted by Crippen LogP contribution is -2.49. The molecule has 0 spiro atoms. The van der Waals surface area contributed by atoms with E-state index >= 15 is 0 Å². The molecule has 7 heteroatoms. The number of nitrogens with one attached hydrogen (secondary N) is 1. The second-order valence-corrected chi connectivity index (χ2v) is 8.89. The molecule has 0 aromatic heterocycles. The van der Waals surface area contributed by atoms with Crippen LogP contribution in [0.3, 0.4) is 0 Å². The number of hydrogen-bond donors (Lipinski definition) is 1. The van der Waals surface area contributed by atoms with E-state index in [0.717, 1.165) is 11.6 Å². The minimum Gasteiger partial charge on any atom is -0.349 e. The molecule has 1 aliphatic carbocycles. The van der Waals surface area contributed by atoms with Gasteiger partial charge in [-0.25, -0.2) is 12.8 Å². The molecule has 0 heterocycles. The first-order chi connectivity index (χ1) is 11.8. The zero-order chi connectivity index (χ0) is 18.2. The molecule has 1 saturated carbocycles. The Morgan fingerprint density at radius 3 is 2.56 bits per heavy atom. The normalized spacial score (nSPS) is 20.0. The molecule has 0 unspecified atom stereocenters. The summed E-state index contributed by atoms with van der Waals surface area (Å²) in [6.45, 7) is 1.84. The van der Waals surface area contributed by atoms with Gasteiger partial charge in [0, 0.05) is 11.6 Å². The monoisotopic (exact) mass is 381 g/mol. The fourth-order valence-electron chi connectivity index (χ4n) is 2.83. The molecule has 2 aromatic carbocycles. The third kappa shape index (κ3) is 3.70. The fraction of sp³-hybridized carbons (Fsp3) is 0.278. The zero-order valence-corrected chi connectivity index (χ0v) is 15.1. The lowest BCUT2D eigenvalue weighted by Gasteiger charge is -2.35. The van der Waals surface area contributed by atoms with Gasteiger partial charge in [-0.2, -0.15) is 0 Å². The van der Waals surface area contributed by atoms with Gasteiger partial charge in [0.05, 0.1) is 15.2 Å². The van der Waals surface area contributed by atoms with Crippen molar-refractivity contribution in [3.8, 4) is 0 Å². The molecule has 0 atom stereocenters. The average Bonchev–Trinajstić information content (AvgIpc) is 2.52. The Balaban J connectivity index is 1.62. The third-order valence-corrected chi connectivity index (χ3v) is 6.85. The summed E-state index contributed by atoms with van der Waals surface area (Å²) in [5, 5.41) is 2.17. The molecule has 1 N–H and O–H groups in total. The number of aryl methyl sites for hydroxylation is 1. The van der Waals surface area contributed by atoms with Gasteiger partial charge >= 0.3 is 0 Å². The van der Waals surface area contributed by atoms with Crippen molar-refractivity contribution in [2.45, 2.75) is 36.0 Å². The minimum absolute atomic E-state index is 0.0514. The van der Waals surface area contributed by atoms with Crippen molar-refractivity contribution in [1.82, 2.24) is 5.32 Å². The van der Waals surface area contributed by atoms with Gasteiger partial charge < -0.3 is 5.32 Å². The van der Waals surface area contributed by atoms with Crippen molar-refractivity contribution in [2.24, 2.45) is 0 Å². The molecule has 0 aliphatic heterocycles. The van der Waals surface area contributed by atoms with Gasteiger partial charge in [0.15, 0.2) is 9.84 Å². The smallest absolute Gasteiger partial charge is 0.251 e. The highest BCUT2D eigenvalue weighted by Gasteiger charge is 2.40. The van der Waals surface area contributed by atoms with E-state index in [2.05, 4.69) is 5.32 Å². The molecule has 0 saturated heterocycles. The Morgan fingerprint density at radius 1 is 1.20 bits per heavy atom. The van der Waals surface area contributed by atoms with Crippen LogP contribution in [0.15, 0.2) is 47.4 Å². The fourth-order valence-corrected chi connectivity index (χ4v) is 4.92. The highest BCUT2D eigenvalue weighted by atomic mass is 35.5. The lowest BCUT2D eigenvalue weighted by atomic mass is 9.92.